The molecule has 1 N–H and O–H groups in total. The molecule has 3 rings (SSSR count). The molecular weight excluding hydrogens is 542 g/mol. The molecule has 34 heavy (non-hydrogen) atoms. The highest BCUT2D eigenvalue weighted by molar-refractivity contribution is 9.10. The van der Waals surface area contributed by atoms with E-state index in [0.717, 1.165) is 40.7 Å². The second-order valence-corrected chi connectivity index (χ2v) is 11.8. The fourth-order valence-corrected chi connectivity index (χ4v) is 5.32. The van der Waals surface area contributed by atoms with Gasteiger partial charge in [0.25, 0.3) is 0 Å². The lowest BCUT2D eigenvalue weighted by atomic mass is 10.1. The van der Waals surface area contributed by atoms with Crippen LogP contribution in [0.25, 0.3) is 0 Å². The number of halogens is 2. The molecule has 2 aromatic rings. The first-order chi connectivity index (χ1) is 16.1. The van der Waals surface area contributed by atoms with Gasteiger partial charge in [-0.3, -0.25) is 13.9 Å². The van der Waals surface area contributed by atoms with Crippen LogP contribution >= 0.6 is 27.5 Å². The van der Waals surface area contributed by atoms with Gasteiger partial charge in [-0.05, 0) is 55.7 Å². The Morgan fingerprint density at radius 2 is 1.74 bits per heavy atom. The van der Waals surface area contributed by atoms with Crippen molar-refractivity contribution in [3.8, 4) is 0 Å². The summed E-state index contributed by atoms with van der Waals surface area (Å²) in [6, 6.07) is 13.0. The average Bonchev–Trinajstić information content (AvgIpc) is 3.29. The van der Waals surface area contributed by atoms with Crippen LogP contribution in [0.3, 0.4) is 0 Å². The number of hydrogen-bond donors (Lipinski definition) is 1. The molecule has 2 aromatic carbocycles. The lowest BCUT2D eigenvalue weighted by Crippen LogP contribution is -2.52. The van der Waals surface area contributed by atoms with Gasteiger partial charge in [0.15, 0.2) is 0 Å². The normalized spacial score (nSPS) is 15.1. The molecule has 0 bridgehead atoms. The van der Waals surface area contributed by atoms with E-state index in [0.29, 0.717) is 16.3 Å². The molecule has 0 saturated heterocycles. The molecule has 1 aliphatic rings. The Morgan fingerprint density at radius 3 is 2.32 bits per heavy atom. The zero-order valence-corrected chi connectivity index (χ0v) is 22.4. The van der Waals surface area contributed by atoms with E-state index < -0.39 is 28.5 Å². The van der Waals surface area contributed by atoms with Gasteiger partial charge >= 0.3 is 0 Å². The maximum Gasteiger partial charge on any atom is 0.244 e. The second-order valence-electron chi connectivity index (χ2n) is 8.53. The Bertz CT molecular complexity index is 1120. The highest BCUT2D eigenvalue weighted by atomic mass is 79.9. The van der Waals surface area contributed by atoms with Crippen molar-refractivity contribution in [3.05, 3.63) is 63.6 Å². The van der Waals surface area contributed by atoms with E-state index in [1.165, 1.54) is 4.90 Å². The molecule has 184 valence electrons. The van der Waals surface area contributed by atoms with Crippen LogP contribution in [0.2, 0.25) is 5.02 Å². The van der Waals surface area contributed by atoms with Gasteiger partial charge in [-0.2, -0.15) is 0 Å². The van der Waals surface area contributed by atoms with E-state index in [1.54, 1.807) is 55.5 Å². The van der Waals surface area contributed by atoms with Gasteiger partial charge < -0.3 is 10.2 Å². The number of nitrogens with zero attached hydrogens (tertiary/aromatic N) is 2. The third-order valence-electron chi connectivity index (χ3n) is 5.96. The number of carbonyl (C=O) groups is 2. The molecule has 2 amide bonds. The fourth-order valence-electron chi connectivity index (χ4n) is 4.01. The van der Waals surface area contributed by atoms with Crippen LogP contribution in [0.15, 0.2) is 53.0 Å². The average molecular weight is 571 g/mol. The maximum absolute atomic E-state index is 13.5. The van der Waals surface area contributed by atoms with Gasteiger partial charge in [0, 0.05) is 22.1 Å². The number of benzene rings is 2. The van der Waals surface area contributed by atoms with Gasteiger partial charge in [0.1, 0.15) is 12.6 Å². The Hall–Kier alpha value is -2.10. The molecule has 0 aliphatic heterocycles. The van der Waals surface area contributed by atoms with Crippen LogP contribution in [-0.4, -0.2) is 50.0 Å². The molecule has 1 aliphatic carbocycles. The molecule has 0 unspecified atom stereocenters. The number of hydrogen-bond acceptors (Lipinski definition) is 4. The number of rotatable bonds is 9. The summed E-state index contributed by atoms with van der Waals surface area (Å²) in [4.78, 5) is 28.0. The third kappa shape index (κ3) is 6.96. The molecule has 0 spiro atoms. The molecule has 0 heterocycles. The Kier molecular flexibility index (Phi) is 9.01. The van der Waals surface area contributed by atoms with Crippen molar-refractivity contribution < 1.29 is 18.0 Å². The predicted molar refractivity (Wildman–Crippen MR) is 138 cm³/mol. The lowest BCUT2D eigenvalue weighted by Gasteiger charge is -2.32. The summed E-state index contributed by atoms with van der Waals surface area (Å²) in [5.41, 5.74) is 1.03. The minimum Gasteiger partial charge on any atom is -0.352 e. The van der Waals surface area contributed by atoms with E-state index in [2.05, 4.69) is 21.2 Å². The van der Waals surface area contributed by atoms with Crippen LogP contribution < -0.4 is 9.62 Å². The summed E-state index contributed by atoms with van der Waals surface area (Å²) in [6.07, 6.45) is 5.03. The number of carbonyl (C=O) groups excluding carboxylic acids is 2. The van der Waals surface area contributed by atoms with Gasteiger partial charge in [0.05, 0.1) is 11.9 Å². The predicted octanol–water partition coefficient (Wildman–Crippen LogP) is 4.34. The first-order valence-electron chi connectivity index (χ1n) is 11.1. The number of anilines is 1. The van der Waals surface area contributed by atoms with Crippen molar-refractivity contribution in [1.29, 1.82) is 0 Å². The first kappa shape index (κ1) is 26.5. The fraction of sp³-hybridized carbons (Fsp3) is 0.417. The van der Waals surface area contributed by atoms with Crippen LogP contribution in [-0.2, 0) is 26.2 Å². The minimum absolute atomic E-state index is 0.0791. The highest BCUT2D eigenvalue weighted by Crippen LogP contribution is 2.23. The van der Waals surface area contributed by atoms with E-state index in [-0.39, 0.29) is 18.5 Å². The largest absolute Gasteiger partial charge is 0.352 e. The zero-order valence-electron chi connectivity index (χ0n) is 19.2. The van der Waals surface area contributed by atoms with Crippen LogP contribution in [0.5, 0.6) is 0 Å². The quantitative estimate of drug-likeness (QED) is 0.486. The van der Waals surface area contributed by atoms with E-state index >= 15 is 0 Å². The topological polar surface area (TPSA) is 86.8 Å². The molecule has 10 heteroatoms. The maximum atomic E-state index is 13.5. The summed E-state index contributed by atoms with van der Waals surface area (Å²) in [6.45, 7) is 1.30. The molecule has 1 fully saturated rings. The number of nitrogens with one attached hydrogen (secondary N) is 1. The van der Waals surface area contributed by atoms with Crippen molar-refractivity contribution in [2.24, 2.45) is 0 Å². The summed E-state index contributed by atoms with van der Waals surface area (Å²) >= 11 is 9.67. The first-order valence-corrected chi connectivity index (χ1v) is 14.1. The lowest BCUT2D eigenvalue weighted by molar-refractivity contribution is -0.139. The van der Waals surface area contributed by atoms with Crippen molar-refractivity contribution >= 4 is 55.1 Å². The summed E-state index contributed by atoms with van der Waals surface area (Å²) in [7, 11) is -3.76. The van der Waals surface area contributed by atoms with Crippen molar-refractivity contribution in [2.75, 3.05) is 17.1 Å². The Balaban J connectivity index is 1.88. The van der Waals surface area contributed by atoms with Gasteiger partial charge in [-0.25, -0.2) is 8.42 Å². The standard InChI is InChI=1S/C24H29BrClN3O4S/c1-17(24(31)27-20-8-4-5-9-20)28(15-18-7-3-6-10-22(18)26)23(30)16-29(34(2,32)33)21-13-11-19(25)12-14-21/h3,6-7,10-14,17,20H,4-5,8-9,15-16H2,1-2H3,(H,27,31)/t17-/m1/s1. The van der Waals surface area contributed by atoms with Crippen LogP contribution in [0.4, 0.5) is 5.69 Å². The monoisotopic (exact) mass is 569 g/mol. The SMILES string of the molecule is C[C@H](C(=O)NC1CCCC1)N(Cc1ccccc1Cl)C(=O)CN(c1ccc(Br)cc1)S(C)(=O)=O. The van der Waals surface area contributed by atoms with Crippen molar-refractivity contribution in [1.82, 2.24) is 10.2 Å². The Labute approximate surface area is 214 Å². The molecule has 0 aromatic heterocycles. The second kappa shape index (κ2) is 11.6. The molecule has 7 nitrogen and oxygen atoms in total. The van der Waals surface area contributed by atoms with Crippen LogP contribution in [0, 0.1) is 0 Å². The molecule has 1 atom stereocenters. The molecular formula is C24H29BrClN3O4S. The summed E-state index contributed by atoms with van der Waals surface area (Å²) in [5.74, 6) is -0.760. The Morgan fingerprint density at radius 1 is 1.12 bits per heavy atom. The highest BCUT2D eigenvalue weighted by Gasteiger charge is 2.31. The number of amides is 2. The molecule has 0 radical (unpaired) electrons. The van der Waals surface area contributed by atoms with E-state index in [4.69, 9.17) is 11.6 Å². The van der Waals surface area contributed by atoms with E-state index in [1.807, 2.05) is 0 Å². The smallest absolute Gasteiger partial charge is 0.244 e. The van der Waals surface area contributed by atoms with Crippen LogP contribution in [0.1, 0.15) is 38.2 Å². The minimum atomic E-state index is -3.76. The van der Waals surface area contributed by atoms with E-state index in [9.17, 15) is 18.0 Å². The van der Waals surface area contributed by atoms with Gasteiger partial charge in [-0.1, -0.05) is 58.6 Å². The summed E-state index contributed by atoms with van der Waals surface area (Å²) in [5, 5.41) is 3.50. The number of sulfonamides is 1. The van der Waals surface area contributed by atoms with Crippen molar-refractivity contribution in [2.45, 2.75) is 51.2 Å². The third-order valence-corrected chi connectivity index (χ3v) is 8.00. The zero-order chi connectivity index (χ0) is 24.9. The molecule has 1 saturated carbocycles. The van der Waals surface area contributed by atoms with Gasteiger partial charge in [0.2, 0.25) is 21.8 Å². The van der Waals surface area contributed by atoms with Gasteiger partial charge in [-0.15, -0.1) is 0 Å². The summed E-state index contributed by atoms with van der Waals surface area (Å²) < 4.78 is 27.0. The van der Waals surface area contributed by atoms with Crippen molar-refractivity contribution in [3.63, 3.8) is 0 Å².